The highest BCUT2D eigenvalue weighted by Gasteiger charge is 2.19. The van der Waals surface area contributed by atoms with Gasteiger partial charge in [0.05, 0.1) is 47.4 Å². The number of aromatic amines is 1. The van der Waals surface area contributed by atoms with Crippen molar-refractivity contribution in [3.8, 4) is 23.3 Å². The molecule has 1 aliphatic heterocycles. The van der Waals surface area contributed by atoms with E-state index >= 15 is 0 Å². The smallest absolute Gasteiger partial charge is 0.247 e. The van der Waals surface area contributed by atoms with Crippen LogP contribution >= 0.6 is 23.2 Å². The number of carbonyl (C=O) groups excluding carboxylic acids is 1. The summed E-state index contributed by atoms with van der Waals surface area (Å²) in [4.78, 5) is 21.4. The zero-order valence-corrected chi connectivity index (χ0v) is 23.4. The molecule has 1 amide bonds. The standard InChI is InChI=1S/C27H29Cl2N7O3/c1-5-24(37)31-20-14-18(36-11-9-35(6-2)10-12-36)16-30-27(20)32-23-13-17(33-34-23)7-8-19-25(28)21(38-3)15-22(39-4)26(19)29/h5,13-16H,1,6,9-12H2,2-4H3,(H,31,37)(H2,30,32,33,34). The highest BCUT2D eigenvalue weighted by molar-refractivity contribution is 6.38. The van der Waals surface area contributed by atoms with Crippen molar-refractivity contribution in [1.29, 1.82) is 0 Å². The predicted octanol–water partition coefficient (Wildman–Crippen LogP) is 4.54. The normalized spacial score (nSPS) is 13.3. The number of benzene rings is 1. The van der Waals surface area contributed by atoms with Crippen molar-refractivity contribution in [2.75, 3.05) is 62.5 Å². The number of ether oxygens (including phenoxy) is 2. The molecule has 204 valence electrons. The van der Waals surface area contributed by atoms with Crippen LogP contribution < -0.4 is 25.0 Å². The first-order valence-corrected chi connectivity index (χ1v) is 13.0. The largest absolute Gasteiger partial charge is 0.495 e. The lowest BCUT2D eigenvalue weighted by Gasteiger charge is -2.35. The minimum Gasteiger partial charge on any atom is -0.495 e. The molecule has 2 aromatic heterocycles. The van der Waals surface area contributed by atoms with Gasteiger partial charge in [-0.2, -0.15) is 5.10 Å². The molecule has 1 aliphatic rings. The van der Waals surface area contributed by atoms with E-state index in [1.165, 1.54) is 20.3 Å². The van der Waals surface area contributed by atoms with Gasteiger partial charge >= 0.3 is 0 Å². The zero-order valence-electron chi connectivity index (χ0n) is 21.9. The summed E-state index contributed by atoms with van der Waals surface area (Å²) in [7, 11) is 2.99. The van der Waals surface area contributed by atoms with Gasteiger partial charge in [0.25, 0.3) is 0 Å². The Morgan fingerprint density at radius 3 is 2.44 bits per heavy atom. The number of hydrogen-bond acceptors (Lipinski definition) is 8. The summed E-state index contributed by atoms with van der Waals surface area (Å²) in [6.07, 6.45) is 2.99. The molecule has 0 spiro atoms. The molecule has 1 fully saturated rings. The number of methoxy groups -OCH3 is 2. The molecular formula is C27H29Cl2N7O3. The fourth-order valence-corrected chi connectivity index (χ4v) is 4.62. The third-order valence-corrected chi connectivity index (χ3v) is 6.97. The van der Waals surface area contributed by atoms with E-state index in [9.17, 15) is 4.79 Å². The minimum atomic E-state index is -0.344. The molecule has 3 aromatic rings. The summed E-state index contributed by atoms with van der Waals surface area (Å²) in [5.74, 6) is 7.24. The highest BCUT2D eigenvalue weighted by atomic mass is 35.5. The van der Waals surface area contributed by atoms with Crippen LogP contribution in [0.15, 0.2) is 37.1 Å². The Morgan fingerprint density at radius 2 is 1.82 bits per heavy atom. The molecule has 0 aliphatic carbocycles. The fourth-order valence-electron chi connectivity index (χ4n) is 4.02. The number of halogens is 2. The molecular weight excluding hydrogens is 541 g/mol. The van der Waals surface area contributed by atoms with Crippen molar-refractivity contribution in [3.05, 3.63) is 58.4 Å². The molecule has 0 unspecified atom stereocenters. The van der Waals surface area contributed by atoms with Crippen LogP contribution in [0.2, 0.25) is 10.0 Å². The molecule has 3 heterocycles. The number of anilines is 4. The maximum absolute atomic E-state index is 12.1. The molecule has 0 atom stereocenters. The number of likely N-dealkylation sites (N-methyl/N-ethyl adjacent to an activating group) is 1. The van der Waals surface area contributed by atoms with Crippen LogP contribution in [-0.2, 0) is 4.79 Å². The molecule has 3 N–H and O–H groups in total. The average molecular weight is 570 g/mol. The van der Waals surface area contributed by atoms with Gasteiger partial charge in [-0.15, -0.1) is 0 Å². The Labute approximate surface area is 237 Å². The van der Waals surface area contributed by atoms with E-state index in [-0.39, 0.29) is 16.0 Å². The summed E-state index contributed by atoms with van der Waals surface area (Å²) in [6, 6.07) is 5.19. The van der Waals surface area contributed by atoms with Crippen LogP contribution in [0.3, 0.4) is 0 Å². The van der Waals surface area contributed by atoms with E-state index in [4.69, 9.17) is 32.7 Å². The predicted molar refractivity (Wildman–Crippen MR) is 155 cm³/mol. The van der Waals surface area contributed by atoms with Gasteiger partial charge in [-0.25, -0.2) is 4.98 Å². The van der Waals surface area contributed by atoms with Gasteiger partial charge in [0, 0.05) is 38.3 Å². The maximum Gasteiger partial charge on any atom is 0.247 e. The van der Waals surface area contributed by atoms with Gasteiger partial charge in [0.1, 0.15) is 17.2 Å². The van der Waals surface area contributed by atoms with E-state index in [1.807, 2.05) is 6.07 Å². The van der Waals surface area contributed by atoms with Crippen molar-refractivity contribution in [3.63, 3.8) is 0 Å². The Balaban J connectivity index is 1.57. The Kier molecular flexibility index (Phi) is 9.19. The second-order valence-electron chi connectivity index (χ2n) is 8.53. The van der Waals surface area contributed by atoms with E-state index in [2.05, 4.69) is 61.0 Å². The Hall–Kier alpha value is -3.91. The number of nitrogens with zero attached hydrogens (tertiary/aromatic N) is 4. The van der Waals surface area contributed by atoms with Crippen molar-refractivity contribution in [1.82, 2.24) is 20.1 Å². The summed E-state index contributed by atoms with van der Waals surface area (Å²) in [6.45, 7) is 10.4. The average Bonchev–Trinajstić information content (AvgIpc) is 3.41. The quantitative estimate of drug-likeness (QED) is 0.268. The fraction of sp³-hybridized carbons (Fsp3) is 0.296. The van der Waals surface area contributed by atoms with Gasteiger partial charge in [-0.05, 0) is 24.6 Å². The number of amides is 1. The molecule has 1 aromatic carbocycles. The highest BCUT2D eigenvalue weighted by Crippen LogP contribution is 2.39. The molecule has 0 bridgehead atoms. The van der Waals surface area contributed by atoms with E-state index in [0.717, 1.165) is 38.4 Å². The summed E-state index contributed by atoms with van der Waals surface area (Å²) in [5, 5.41) is 13.6. The zero-order chi connectivity index (χ0) is 27.9. The van der Waals surface area contributed by atoms with Crippen molar-refractivity contribution >= 4 is 52.1 Å². The Morgan fingerprint density at radius 1 is 1.13 bits per heavy atom. The van der Waals surface area contributed by atoms with Crippen LogP contribution in [0, 0.1) is 11.8 Å². The maximum atomic E-state index is 12.1. The van der Waals surface area contributed by atoms with Crippen molar-refractivity contribution < 1.29 is 14.3 Å². The summed E-state index contributed by atoms with van der Waals surface area (Å²) < 4.78 is 10.6. The second kappa shape index (κ2) is 12.8. The van der Waals surface area contributed by atoms with Crippen molar-refractivity contribution in [2.45, 2.75) is 6.92 Å². The molecule has 4 rings (SSSR count). The topological polar surface area (TPSA) is 108 Å². The SMILES string of the molecule is C=CC(=O)Nc1cc(N2CCN(CC)CC2)cnc1Nc1cc(C#Cc2c(Cl)c(OC)cc(OC)c2Cl)[nH]n1. The monoisotopic (exact) mass is 569 g/mol. The first kappa shape index (κ1) is 28.1. The van der Waals surface area contributed by atoms with E-state index in [0.29, 0.717) is 40.1 Å². The Bertz CT molecular complexity index is 1390. The first-order chi connectivity index (χ1) is 18.9. The lowest BCUT2D eigenvalue weighted by atomic mass is 10.2. The van der Waals surface area contributed by atoms with Crippen molar-refractivity contribution in [2.24, 2.45) is 0 Å². The van der Waals surface area contributed by atoms with E-state index in [1.54, 1.807) is 18.3 Å². The number of H-pyrrole nitrogens is 1. The van der Waals surface area contributed by atoms with Crippen LogP contribution in [-0.4, -0.2) is 72.9 Å². The molecule has 0 saturated carbocycles. The third kappa shape index (κ3) is 6.57. The number of carbonyl (C=O) groups is 1. The third-order valence-electron chi connectivity index (χ3n) is 6.22. The van der Waals surface area contributed by atoms with Crippen LogP contribution in [0.5, 0.6) is 11.5 Å². The van der Waals surface area contributed by atoms with Gasteiger partial charge < -0.3 is 29.9 Å². The number of rotatable bonds is 8. The van der Waals surface area contributed by atoms with Gasteiger partial charge in [0.2, 0.25) is 5.91 Å². The molecule has 12 heteroatoms. The second-order valence-corrected chi connectivity index (χ2v) is 9.29. The summed E-state index contributed by atoms with van der Waals surface area (Å²) >= 11 is 12.8. The molecule has 0 radical (unpaired) electrons. The molecule has 1 saturated heterocycles. The first-order valence-electron chi connectivity index (χ1n) is 12.2. The number of piperazine rings is 1. The van der Waals surface area contributed by atoms with Crippen LogP contribution in [0.4, 0.5) is 23.0 Å². The van der Waals surface area contributed by atoms with Crippen LogP contribution in [0.25, 0.3) is 0 Å². The lowest BCUT2D eigenvalue weighted by Crippen LogP contribution is -2.46. The molecule has 39 heavy (non-hydrogen) atoms. The van der Waals surface area contributed by atoms with Gasteiger partial charge in [-0.1, -0.05) is 42.6 Å². The number of hydrogen-bond donors (Lipinski definition) is 3. The molecule has 10 nitrogen and oxygen atoms in total. The van der Waals surface area contributed by atoms with Gasteiger partial charge in [0.15, 0.2) is 11.6 Å². The lowest BCUT2D eigenvalue weighted by molar-refractivity contribution is -0.111. The number of aromatic nitrogens is 3. The summed E-state index contributed by atoms with van der Waals surface area (Å²) in [5.41, 5.74) is 2.29. The number of pyridine rings is 1. The minimum absolute atomic E-state index is 0.275. The van der Waals surface area contributed by atoms with Gasteiger partial charge in [-0.3, -0.25) is 9.89 Å². The van der Waals surface area contributed by atoms with Crippen LogP contribution in [0.1, 0.15) is 18.2 Å². The van der Waals surface area contributed by atoms with E-state index < -0.39 is 0 Å². The number of nitrogens with one attached hydrogen (secondary N) is 3.